The Morgan fingerprint density at radius 3 is 2.65 bits per heavy atom. The fourth-order valence-electron chi connectivity index (χ4n) is 2.69. The number of rotatable bonds is 4. The van der Waals surface area contributed by atoms with Gasteiger partial charge in [0.1, 0.15) is 6.10 Å². The van der Waals surface area contributed by atoms with Crippen molar-refractivity contribution in [2.75, 3.05) is 0 Å². The summed E-state index contributed by atoms with van der Waals surface area (Å²) in [7, 11) is 0. The van der Waals surface area contributed by atoms with Crippen LogP contribution < -0.4 is 10.1 Å². The molecular formula is C17H18ClN3O2. The van der Waals surface area contributed by atoms with Gasteiger partial charge in [-0.3, -0.25) is 9.78 Å². The second-order valence-corrected chi connectivity index (χ2v) is 6.06. The van der Waals surface area contributed by atoms with Crippen molar-refractivity contribution in [2.24, 2.45) is 0 Å². The predicted molar refractivity (Wildman–Crippen MR) is 87.6 cm³/mol. The molecule has 1 saturated carbocycles. The summed E-state index contributed by atoms with van der Waals surface area (Å²) in [5.41, 5.74) is 0.594. The Morgan fingerprint density at radius 2 is 2.00 bits per heavy atom. The van der Waals surface area contributed by atoms with Crippen LogP contribution >= 0.6 is 11.6 Å². The number of nitrogens with one attached hydrogen (secondary N) is 1. The molecule has 3 rings (SSSR count). The summed E-state index contributed by atoms with van der Waals surface area (Å²) < 4.78 is 5.86. The first-order valence-electron chi connectivity index (χ1n) is 7.70. The molecule has 0 bridgehead atoms. The average Bonchev–Trinajstić information content (AvgIpc) is 2.59. The Morgan fingerprint density at radius 1 is 1.17 bits per heavy atom. The standard InChI is InChI=1S/C17H18ClN3O2/c18-13-3-8-16(20-11-13)23-15-6-4-14(5-7-15)21-17(22)12-2-1-9-19-10-12/h1-3,8-11,14-15H,4-7H2,(H,21,22). The number of carbonyl (C=O) groups excluding carboxylic acids is 1. The summed E-state index contributed by atoms with van der Waals surface area (Å²) >= 11 is 5.81. The van der Waals surface area contributed by atoms with Gasteiger partial charge in [-0.25, -0.2) is 4.98 Å². The number of carbonyl (C=O) groups is 1. The molecule has 2 aromatic heterocycles. The molecule has 0 saturated heterocycles. The minimum atomic E-state index is -0.0677. The van der Waals surface area contributed by atoms with Gasteiger partial charge in [0.2, 0.25) is 5.88 Å². The van der Waals surface area contributed by atoms with Gasteiger partial charge in [-0.1, -0.05) is 11.6 Å². The molecule has 1 fully saturated rings. The molecule has 0 radical (unpaired) electrons. The van der Waals surface area contributed by atoms with E-state index in [9.17, 15) is 4.79 Å². The second kappa shape index (κ2) is 7.42. The summed E-state index contributed by atoms with van der Waals surface area (Å²) in [5, 5.41) is 3.66. The summed E-state index contributed by atoms with van der Waals surface area (Å²) in [6, 6.07) is 7.25. The van der Waals surface area contributed by atoms with E-state index in [4.69, 9.17) is 16.3 Å². The Bertz CT molecular complexity index is 641. The highest BCUT2D eigenvalue weighted by atomic mass is 35.5. The van der Waals surface area contributed by atoms with E-state index < -0.39 is 0 Å². The molecule has 0 atom stereocenters. The first kappa shape index (κ1) is 15.7. The van der Waals surface area contributed by atoms with Crippen LogP contribution in [0.4, 0.5) is 0 Å². The van der Waals surface area contributed by atoms with Crippen LogP contribution in [0, 0.1) is 0 Å². The lowest BCUT2D eigenvalue weighted by Gasteiger charge is -2.29. The topological polar surface area (TPSA) is 64.1 Å². The van der Waals surface area contributed by atoms with Crippen LogP contribution in [-0.4, -0.2) is 28.0 Å². The normalized spacial score (nSPS) is 20.7. The van der Waals surface area contributed by atoms with Crippen LogP contribution in [0.25, 0.3) is 0 Å². The maximum Gasteiger partial charge on any atom is 0.253 e. The lowest BCUT2D eigenvalue weighted by Crippen LogP contribution is -2.39. The third-order valence-electron chi connectivity index (χ3n) is 3.92. The lowest BCUT2D eigenvalue weighted by molar-refractivity contribution is 0.0890. The quantitative estimate of drug-likeness (QED) is 0.934. The zero-order valence-electron chi connectivity index (χ0n) is 12.6. The van der Waals surface area contributed by atoms with Gasteiger partial charge in [-0.15, -0.1) is 0 Å². The molecule has 0 aromatic carbocycles. The van der Waals surface area contributed by atoms with Crippen molar-refractivity contribution in [2.45, 2.75) is 37.8 Å². The lowest BCUT2D eigenvalue weighted by atomic mass is 9.92. The zero-order valence-corrected chi connectivity index (χ0v) is 13.4. The second-order valence-electron chi connectivity index (χ2n) is 5.62. The SMILES string of the molecule is O=C(NC1CCC(Oc2ccc(Cl)cn2)CC1)c1cccnc1. The van der Waals surface area contributed by atoms with Crippen LogP contribution in [0.2, 0.25) is 5.02 Å². The Kier molecular flexibility index (Phi) is 5.08. The number of nitrogens with zero attached hydrogens (tertiary/aromatic N) is 2. The molecular weight excluding hydrogens is 314 g/mol. The van der Waals surface area contributed by atoms with E-state index in [0.717, 1.165) is 25.7 Å². The smallest absolute Gasteiger partial charge is 0.253 e. The molecule has 5 nitrogen and oxygen atoms in total. The van der Waals surface area contributed by atoms with Crippen molar-refractivity contribution in [3.05, 3.63) is 53.4 Å². The van der Waals surface area contributed by atoms with Gasteiger partial charge in [0.15, 0.2) is 0 Å². The Hall–Kier alpha value is -2.14. The van der Waals surface area contributed by atoms with E-state index in [0.29, 0.717) is 16.5 Å². The maximum absolute atomic E-state index is 12.1. The summed E-state index contributed by atoms with van der Waals surface area (Å²) in [6.07, 6.45) is 8.52. The van der Waals surface area contributed by atoms with E-state index >= 15 is 0 Å². The third-order valence-corrected chi connectivity index (χ3v) is 4.14. The van der Waals surface area contributed by atoms with E-state index in [-0.39, 0.29) is 18.1 Å². The highest BCUT2D eigenvalue weighted by Gasteiger charge is 2.24. The molecule has 1 N–H and O–H groups in total. The fourth-order valence-corrected chi connectivity index (χ4v) is 2.81. The van der Waals surface area contributed by atoms with E-state index in [2.05, 4.69) is 15.3 Å². The van der Waals surface area contributed by atoms with Crippen molar-refractivity contribution < 1.29 is 9.53 Å². The van der Waals surface area contributed by atoms with Crippen LogP contribution in [0.1, 0.15) is 36.0 Å². The summed E-state index contributed by atoms with van der Waals surface area (Å²) in [6.45, 7) is 0. The maximum atomic E-state index is 12.1. The van der Waals surface area contributed by atoms with E-state index in [1.54, 1.807) is 42.9 Å². The largest absolute Gasteiger partial charge is 0.474 e. The number of halogens is 1. The van der Waals surface area contributed by atoms with Crippen LogP contribution in [-0.2, 0) is 0 Å². The number of pyridine rings is 2. The van der Waals surface area contributed by atoms with Gasteiger partial charge in [0.25, 0.3) is 5.91 Å². The number of aromatic nitrogens is 2. The highest BCUT2D eigenvalue weighted by Crippen LogP contribution is 2.23. The van der Waals surface area contributed by atoms with Gasteiger partial charge < -0.3 is 10.1 Å². The average molecular weight is 332 g/mol. The number of amides is 1. The number of hydrogen-bond donors (Lipinski definition) is 1. The van der Waals surface area contributed by atoms with E-state index in [1.165, 1.54) is 0 Å². The molecule has 2 heterocycles. The summed E-state index contributed by atoms with van der Waals surface area (Å²) in [4.78, 5) is 20.2. The fraction of sp³-hybridized carbons (Fsp3) is 0.353. The van der Waals surface area contributed by atoms with E-state index in [1.807, 2.05) is 0 Å². The molecule has 0 aliphatic heterocycles. The Balaban J connectivity index is 1.47. The minimum Gasteiger partial charge on any atom is -0.474 e. The number of hydrogen-bond acceptors (Lipinski definition) is 4. The van der Waals surface area contributed by atoms with Crippen LogP contribution in [0.15, 0.2) is 42.9 Å². The van der Waals surface area contributed by atoms with Gasteiger partial charge in [-0.05, 0) is 43.9 Å². The van der Waals surface area contributed by atoms with Crippen molar-refractivity contribution >= 4 is 17.5 Å². The first-order chi connectivity index (χ1) is 11.2. The van der Waals surface area contributed by atoms with Gasteiger partial charge >= 0.3 is 0 Å². The zero-order chi connectivity index (χ0) is 16.1. The molecule has 6 heteroatoms. The number of ether oxygens (including phenoxy) is 1. The van der Waals surface area contributed by atoms with Gasteiger partial charge in [0.05, 0.1) is 10.6 Å². The van der Waals surface area contributed by atoms with Crippen molar-refractivity contribution in [1.82, 2.24) is 15.3 Å². The van der Waals surface area contributed by atoms with Crippen LogP contribution in [0.5, 0.6) is 5.88 Å². The molecule has 0 unspecified atom stereocenters. The van der Waals surface area contributed by atoms with Crippen LogP contribution in [0.3, 0.4) is 0 Å². The van der Waals surface area contributed by atoms with Crippen molar-refractivity contribution in [3.63, 3.8) is 0 Å². The molecule has 23 heavy (non-hydrogen) atoms. The summed E-state index contributed by atoms with van der Waals surface area (Å²) in [5.74, 6) is 0.527. The third kappa shape index (κ3) is 4.42. The molecule has 1 amide bonds. The van der Waals surface area contributed by atoms with Gasteiger partial charge in [0, 0.05) is 30.7 Å². The monoisotopic (exact) mass is 331 g/mol. The molecule has 1 aliphatic rings. The Labute approximate surface area is 140 Å². The highest BCUT2D eigenvalue weighted by molar-refractivity contribution is 6.30. The van der Waals surface area contributed by atoms with Crippen molar-refractivity contribution in [3.8, 4) is 5.88 Å². The molecule has 1 aliphatic carbocycles. The molecule has 120 valence electrons. The first-order valence-corrected chi connectivity index (χ1v) is 8.07. The molecule has 2 aromatic rings. The van der Waals surface area contributed by atoms with Crippen molar-refractivity contribution in [1.29, 1.82) is 0 Å². The van der Waals surface area contributed by atoms with Gasteiger partial charge in [-0.2, -0.15) is 0 Å². The molecule has 0 spiro atoms. The predicted octanol–water partition coefficient (Wildman–Crippen LogP) is 3.25. The minimum absolute atomic E-state index is 0.0677.